The van der Waals surface area contributed by atoms with Crippen LogP contribution in [0, 0.1) is 5.92 Å². The molecule has 96 valence electrons. The number of carboxylic acid groups (broad SMARTS) is 1. The number of hydrogen-bond donors (Lipinski definition) is 2. The third-order valence-corrected chi connectivity index (χ3v) is 2.99. The molecule has 1 aliphatic rings. The number of hydrogen-bond acceptors (Lipinski definition) is 2. The van der Waals surface area contributed by atoms with Gasteiger partial charge in [0.2, 0.25) is 0 Å². The molecule has 2 unspecified atom stereocenters. The third-order valence-electron chi connectivity index (χ3n) is 2.99. The van der Waals surface area contributed by atoms with Crippen LogP contribution in [0.1, 0.15) is 26.2 Å². The highest BCUT2D eigenvalue weighted by Gasteiger charge is 2.25. The van der Waals surface area contributed by atoms with Crippen LogP contribution in [0.15, 0.2) is 12.7 Å². The molecule has 1 aliphatic carbocycles. The van der Waals surface area contributed by atoms with Gasteiger partial charge < -0.3 is 15.3 Å². The molecule has 0 aromatic carbocycles. The number of nitrogens with zero attached hydrogens (tertiary/aromatic N) is 1. The lowest BCUT2D eigenvalue weighted by Gasteiger charge is -2.22. The van der Waals surface area contributed by atoms with Gasteiger partial charge in [-0.2, -0.15) is 0 Å². The molecule has 0 saturated heterocycles. The van der Waals surface area contributed by atoms with Gasteiger partial charge in [-0.05, 0) is 25.2 Å². The fourth-order valence-corrected chi connectivity index (χ4v) is 2.14. The summed E-state index contributed by atoms with van der Waals surface area (Å²) in [6, 6.07) is -0.134. The molecule has 1 rings (SSSR count). The first-order valence-electron chi connectivity index (χ1n) is 5.91. The van der Waals surface area contributed by atoms with Gasteiger partial charge in [-0.1, -0.05) is 13.0 Å². The van der Waals surface area contributed by atoms with Crippen LogP contribution < -0.4 is 5.32 Å². The first-order valence-corrected chi connectivity index (χ1v) is 5.91. The van der Waals surface area contributed by atoms with Gasteiger partial charge in [0, 0.05) is 12.6 Å². The molecule has 0 aliphatic heterocycles. The van der Waals surface area contributed by atoms with E-state index in [1.54, 1.807) is 0 Å². The summed E-state index contributed by atoms with van der Waals surface area (Å²) in [6.07, 6.45) is 4.59. The number of rotatable bonds is 5. The van der Waals surface area contributed by atoms with Crippen molar-refractivity contribution in [3.63, 3.8) is 0 Å². The second-order valence-electron chi connectivity index (χ2n) is 4.63. The molecule has 2 amide bonds. The van der Waals surface area contributed by atoms with E-state index in [0.717, 1.165) is 19.3 Å². The largest absolute Gasteiger partial charge is 0.480 e. The van der Waals surface area contributed by atoms with Crippen LogP contribution in [-0.4, -0.2) is 41.1 Å². The SMILES string of the molecule is C=CCN(CC(=O)O)C(=O)NC1CCC(C)C1. The molecule has 0 spiro atoms. The quantitative estimate of drug-likeness (QED) is 0.715. The highest BCUT2D eigenvalue weighted by atomic mass is 16.4. The molecule has 0 heterocycles. The van der Waals surface area contributed by atoms with Gasteiger partial charge in [0.15, 0.2) is 0 Å². The van der Waals surface area contributed by atoms with Crippen molar-refractivity contribution in [2.45, 2.75) is 32.2 Å². The van der Waals surface area contributed by atoms with Crippen molar-refractivity contribution in [2.24, 2.45) is 5.92 Å². The van der Waals surface area contributed by atoms with Crippen molar-refractivity contribution in [2.75, 3.05) is 13.1 Å². The minimum atomic E-state index is -1.01. The molecule has 0 bridgehead atoms. The van der Waals surface area contributed by atoms with E-state index in [2.05, 4.69) is 18.8 Å². The summed E-state index contributed by atoms with van der Waals surface area (Å²) in [5.74, 6) is -0.380. The monoisotopic (exact) mass is 240 g/mol. The van der Waals surface area contributed by atoms with E-state index in [9.17, 15) is 9.59 Å². The Bertz CT molecular complexity index is 304. The second-order valence-corrected chi connectivity index (χ2v) is 4.63. The molecule has 2 atom stereocenters. The fourth-order valence-electron chi connectivity index (χ4n) is 2.14. The van der Waals surface area contributed by atoms with Crippen molar-refractivity contribution in [1.29, 1.82) is 0 Å². The Labute approximate surface area is 101 Å². The first-order chi connectivity index (χ1) is 8.02. The summed E-state index contributed by atoms with van der Waals surface area (Å²) in [5, 5.41) is 11.6. The lowest BCUT2D eigenvalue weighted by molar-refractivity contribution is -0.137. The topological polar surface area (TPSA) is 69.6 Å². The summed E-state index contributed by atoms with van der Waals surface area (Å²) in [4.78, 5) is 23.7. The minimum Gasteiger partial charge on any atom is -0.480 e. The summed E-state index contributed by atoms with van der Waals surface area (Å²) in [6.45, 7) is 5.64. The number of carbonyl (C=O) groups is 2. The number of aliphatic carboxylic acids is 1. The van der Waals surface area contributed by atoms with E-state index in [0.29, 0.717) is 5.92 Å². The van der Waals surface area contributed by atoms with Gasteiger partial charge >= 0.3 is 12.0 Å². The summed E-state index contributed by atoms with van der Waals surface area (Å²) < 4.78 is 0. The van der Waals surface area contributed by atoms with E-state index in [-0.39, 0.29) is 25.2 Å². The summed E-state index contributed by atoms with van der Waals surface area (Å²) >= 11 is 0. The van der Waals surface area contributed by atoms with E-state index in [4.69, 9.17) is 5.11 Å². The average molecular weight is 240 g/mol. The molecular weight excluding hydrogens is 220 g/mol. The second kappa shape index (κ2) is 6.27. The van der Waals surface area contributed by atoms with E-state index < -0.39 is 5.97 Å². The lowest BCUT2D eigenvalue weighted by Crippen LogP contribution is -2.46. The van der Waals surface area contributed by atoms with Crippen molar-refractivity contribution in [1.82, 2.24) is 10.2 Å². The maximum absolute atomic E-state index is 11.8. The van der Waals surface area contributed by atoms with Crippen molar-refractivity contribution in [3.8, 4) is 0 Å². The van der Waals surface area contributed by atoms with Crippen LogP contribution in [0.5, 0.6) is 0 Å². The Balaban J connectivity index is 2.46. The highest BCUT2D eigenvalue weighted by Crippen LogP contribution is 2.24. The smallest absolute Gasteiger partial charge is 0.323 e. The lowest BCUT2D eigenvalue weighted by atomic mass is 10.1. The summed E-state index contributed by atoms with van der Waals surface area (Å²) in [7, 11) is 0. The molecule has 5 heteroatoms. The fraction of sp³-hybridized carbons (Fsp3) is 0.667. The van der Waals surface area contributed by atoms with Crippen molar-refractivity contribution < 1.29 is 14.7 Å². The zero-order valence-electron chi connectivity index (χ0n) is 10.2. The number of amides is 2. The maximum Gasteiger partial charge on any atom is 0.323 e. The minimum absolute atomic E-state index is 0.179. The van der Waals surface area contributed by atoms with E-state index in [1.807, 2.05) is 0 Å². The van der Waals surface area contributed by atoms with Gasteiger partial charge in [-0.3, -0.25) is 4.79 Å². The van der Waals surface area contributed by atoms with E-state index >= 15 is 0 Å². The highest BCUT2D eigenvalue weighted by molar-refractivity contribution is 5.80. The average Bonchev–Trinajstić information content (AvgIpc) is 2.62. The van der Waals surface area contributed by atoms with Crippen LogP contribution in [0.4, 0.5) is 4.79 Å². The molecule has 2 N–H and O–H groups in total. The van der Waals surface area contributed by atoms with Gasteiger partial charge in [0.25, 0.3) is 0 Å². The van der Waals surface area contributed by atoms with E-state index in [1.165, 1.54) is 11.0 Å². The predicted molar refractivity (Wildman–Crippen MR) is 64.7 cm³/mol. The number of carbonyl (C=O) groups excluding carboxylic acids is 1. The van der Waals surface area contributed by atoms with Gasteiger partial charge in [0.1, 0.15) is 6.54 Å². The Morgan fingerprint density at radius 1 is 1.53 bits per heavy atom. The van der Waals surface area contributed by atoms with Crippen LogP contribution in [0.2, 0.25) is 0 Å². The van der Waals surface area contributed by atoms with Gasteiger partial charge in [-0.25, -0.2) is 4.79 Å². The van der Waals surface area contributed by atoms with Crippen LogP contribution in [0.25, 0.3) is 0 Å². The molecule has 1 fully saturated rings. The third kappa shape index (κ3) is 4.46. The van der Waals surface area contributed by atoms with Gasteiger partial charge in [0.05, 0.1) is 0 Å². The van der Waals surface area contributed by atoms with Crippen molar-refractivity contribution >= 4 is 12.0 Å². The van der Waals surface area contributed by atoms with Gasteiger partial charge in [-0.15, -0.1) is 6.58 Å². The Morgan fingerprint density at radius 2 is 2.24 bits per heavy atom. The Kier molecular flexibility index (Phi) is 5.00. The zero-order chi connectivity index (χ0) is 12.8. The Morgan fingerprint density at radius 3 is 2.71 bits per heavy atom. The van der Waals surface area contributed by atoms with Crippen LogP contribution in [0.3, 0.4) is 0 Å². The normalized spacial score (nSPS) is 23.1. The number of carboxylic acids is 1. The first kappa shape index (κ1) is 13.5. The zero-order valence-corrected chi connectivity index (χ0v) is 10.2. The molecule has 1 saturated carbocycles. The predicted octanol–water partition coefficient (Wildman–Crippen LogP) is 1.46. The molecule has 0 radical (unpaired) electrons. The van der Waals surface area contributed by atoms with Crippen LogP contribution in [-0.2, 0) is 4.79 Å². The molecular formula is C12H20N2O3. The molecule has 17 heavy (non-hydrogen) atoms. The standard InChI is InChI=1S/C12H20N2O3/c1-3-6-14(8-11(15)16)12(17)13-10-5-4-9(2)7-10/h3,9-10H,1,4-8H2,2H3,(H,13,17)(H,15,16). The molecule has 5 nitrogen and oxygen atoms in total. The molecule has 0 aromatic heterocycles. The number of urea groups is 1. The summed E-state index contributed by atoms with van der Waals surface area (Å²) in [5.41, 5.74) is 0. The maximum atomic E-state index is 11.8. The molecule has 0 aromatic rings. The van der Waals surface area contributed by atoms with Crippen LogP contribution >= 0.6 is 0 Å². The van der Waals surface area contributed by atoms with Crippen molar-refractivity contribution in [3.05, 3.63) is 12.7 Å². The Hall–Kier alpha value is -1.52. The number of nitrogens with one attached hydrogen (secondary N) is 1.